The lowest BCUT2D eigenvalue weighted by Crippen LogP contribution is -2.42. The van der Waals surface area contributed by atoms with E-state index in [4.69, 9.17) is 17.3 Å². The Morgan fingerprint density at radius 1 is 1.39 bits per heavy atom. The highest BCUT2D eigenvalue weighted by Gasteiger charge is 2.31. The molecule has 2 N–H and O–H groups in total. The Balaban J connectivity index is 2.27. The van der Waals surface area contributed by atoms with Crippen molar-refractivity contribution in [3.05, 3.63) is 34.9 Å². The van der Waals surface area contributed by atoms with Crippen molar-refractivity contribution < 1.29 is 0 Å². The zero-order chi connectivity index (χ0) is 13.1. The summed E-state index contributed by atoms with van der Waals surface area (Å²) in [5.74, 6) is 0. The molecular formula is C15H23ClN2. The van der Waals surface area contributed by atoms with Crippen LogP contribution in [0.1, 0.15) is 44.7 Å². The third-order valence-electron chi connectivity index (χ3n) is 4.05. The molecule has 0 aromatic heterocycles. The van der Waals surface area contributed by atoms with Crippen molar-refractivity contribution in [3.63, 3.8) is 0 Å². The van der Waals surface area contributed by atoms with Gasteiger partial charge < -0.3 is 5.73 Å². The van der Waals surface area contributed by atoms with E-state index in [-0.39, 0.29) is 6.04 Å². The zero-order valence-electron chi connectivity index (χ0n) is 11.3. The van der Waals surface area contributed by atoms with Gasteiger partial charge in [-0.1, -0.05) is 30.7 Å². The maximum absolute atomic E-state index is 6.35. The van der Waals surface area contributed by atoms with Gasteiger partial charge in [-0.15, -0.1) is 0 Å². The summed E-state index contributed by atoms with van der Waals surface area (Å²) in [6.07, 6.45) is 3.55. The van der Waals surface area contributed by atoms with Crippen molar-refractivity contribution in [2.24, 2.45) is 5.73 Å². The summed E-state index contributed by atoms with van der Waals surface area (Å²) in [7, 11) is 0. The van der Waals surface area contributed by atoms with Crippen molar-refractivity contribution in [1.29, 1.82) is 0 Å². The van der Waals surface area contributed by atoms with Crippen LogP contribution in [0, 0.1) is 0 Å². The van der Waals surface area contributed by atoms with Gasteiger partial charge in [0.1, 0.15) is 0 Å². The number of rotatable bonds is 4. The molecule has 1 fully saturated rings. The lowest BCUT2D eigenvalue weighted by atomic mass is 9.96. The first-order chi connectivity index (χ1) is 8.63. The molecule has 100 valence electrons. The second-order valence-electron chi connectivity index (χ2n) is 5.30. The Bertz CT molecular complexity index is 377. The molecule has 0 radical (unpaired) electrons. The van der Waals surface area contributed by atoms with Crippen molar-refractivity contribution in [1.82, 2.24) is 4.90 Å². The van der Waals surface area contributed by atoms with Crippen LogP contribution >= 0.6 is 11.6 Å². The summed E-state index contributed by atoms with van der Waals surface area (Å²) in [5, 5.41) is 0.789. The number of hydrogen-bond donors (Lipinski definition) is 1. The fourth-order valence-electron chi connectivity index (χ4n) is 2.94. The maximum Gasteiger partial charge on any atom is 0.0501 e. The topological polar surface area (TPSA) is 29.3 Å². The average molecular weight is 267 g/mol. The normalized spacial score (nSPS) is 24.1. The van der Waals surface area contributed by atoms with Gasteiger partial charge in [0.25, 0.3) is 0 Å². The first-order valence-corrected chi connectivity index (χ1v) is 7.28. The quantitative estimate of drug-likeness (QED) is 0.902. The summed E-state index contributed by atoms with van der Waals surface area (Å²) in [6.45, 7) is 5.62. The van der Waals surface area contributed by atoms with Crippen LogP contribution in [0.3, 0.4) is 0 Å². The molecule has 0 saturated carbocycles. The first kappa shape index (κ1) is 13.9. The number of likely N-dealkylation sites (tertiary alicyclic amines) is 1. The van der Waals surface area contributed by atoms with Crippen LogP contribution in [0.5, 0.6) is 0 Å². The van der Waals surface area contributed by atoms with Crippen LogP contribution in [-0.4, -0.2) is 23.5 Å². The van der Waals surface area contributed by atoms with Crippen LogP contribution in [0.2, 0.25) is 5.02 Å². The van der Waals surface area contributed by atoms with Crippen molar-refractivity contribution in [3.8, 4) is 0 Å². The standard InChI is InChI=1S/C15H23ClN2/c1-3-14(17)15(18-10-4-5-11(18)2)12-6-8-13(16)9-7-12/h6-9,11,14-15H,3-5,10,17H2,1-2H3. The number of benzene rings is 1. The third-order valence-corrected chi connectivity index (χ3v) is 4.30. The van der Waals surface area contributed by atoms with Gasteiger partial charge in [0.2, 0.25) is 0 Å². The Labute approximate surface area is 115 Å². The molecule has 1 aliphatic heterocycles. The molecule has 1 aliphatic rings. The molecule has 1 heterocycles. The van der Waals surface area contributed by atoms with E-state index in [0.29, 0.717) is 12.1 Å². The number of nitrogens with zero attached hydrogens (tertiary/aromatic N) is 1. The molecule has 18 heavy (non-hydrogen) atoms. The molecule has 2 nitrogen and oxygen atoms in total. The minimum absolute atomic E-state index is 0.187. The van der Waals surface area contributed by atoms with Gasteiger partial charge >= 0.3 is 0 Å². The summed E-state index contributed by atoms with van der Waals surface area (Å²) < 4.78 is 0. The van der Waals surface area contributed by atoms with Gasteiger partial charge in [0.05, 0.1) is 6.04 Å². The van der Waals surface area contributed by atoms with Crippen molar-refractivity contribution in [2.75, 3.05) is 6.54 Å². The fraction of sp³-hybridized carbons (Fsp3) is 0.600. The monoisotopic (exact) mass is 266 g/mol. The van der Waals surface area contributed by atoms with Crippen LogP contribution in [-0.2, 0) is 0 Å². The number of halogens is 1. The summed E-state index contributed by atoms with van der Waals surface area (Å²) in [5.41, 5.74) is 7.65. The predicted molar refractivity (Wildman–Crippen MR) is 77.9 cm³/mol. The molecule has 3 atom stereocenters. The minimum atomic E-state index is 0.187. The summed E-state index contributed by atoms with van der Waals surface area (Å²) in [6, 6.07) is 9.31. The largest absolute Gasteiger partial charge is 0.326 e. The van der Waals surface area contributed by atoms with E-state index in [0.717, 1.165) is 18.0 Å². The van der Waals surface area contributed by atoms with Crippen molar-refractivity contribution >= 4 is 11.6 Å². The van der Waals surface area contributed by atoms with Gasteiger partial charge in [0, 0.05) is 17.1 Å². The Morgan fingerprint density at radius 2 is 2.06 bits per heavy atom. The van der Waals surface area contributed by atoms with Crippen molar-refractivity contribution in [2.45, 2.75) is 51.2 Å². The van der Waals surface area contributed by atoms with Crippen LogP contribution < -0.4 is 5.73 Å². The SMILES string of the molecule is CCC(N)C(c1ccc(Cl)cc1)N1CCCC1C. The highest BCUT2D eigenvalue weighted by atomic mass is 35.5. The van der Waals surface area contributed by atoms with E-state index in [2.05, 4.69) is 30.9 Å². The Morgan fingerprint density at radius 3 is 2.56 bits per heavy atom. The fourth-order valence-corrected chi connectivity index (χ4v) is 3.06. The highest BCUT2D eigenvalue weighted by molar-refractivity contribution is 6.30. The zero-order valence-corrected chi connectivity index (χ0v) is 12.0. The maximum atomic E-state index is 6.35. The molecule has 2 rings (SSSR count). The lowest BCUT2D eigenvalue weighted by molar-refractivity contribution is 0.163. The van der Waals surface area contributed by atoms with Crippen LogP contribution in [0.4, 0.5) is 0 Å². The van der Waals surface area contributed by atoms with E-state index < -0.39 is 0 Å². The predicted octanol–water partition coefficient (Wildman–Crippen LogP) is 3.60. The van der Waals surface area contributed by atoms with Gasteiger partial charge in [-0.25, -0.2) is 0 Å². The molecular weight excluding hydrogens is 244 g/mol. The third kappa shape index (κ3) is 2.87. The van der Waals surface area contributed by atoms with E-state index in [1.807, 2.05) is 12.1 Å². The molecule has 1 aromatic rings. The second kappa shape index (κ2) is 6.05. The number of nitrogens with two attached hydrogens (primary N) is 1. The van der Waals surface area contributed by atoms with E-state index in [1.54, 1.807) is 0 Å². The first-order valence-electron chi connectivity index (χ1n) is 6.90. The molecule has 0 amide bonds. The van der Waals surface area contributed by atoms with E-state index in [1.165, 1.54) is 18.4 Å². The Hall–Kier alpha value is -0.570. The molecule has 0 aliphatic carbocycles. The molecule has 0 spiro atoms. The van der Waals surface area contributed by atoms with Gasteiger partial charge in [-0.2, -0.15) is 0 Å². The minimum Gasteiger partial charge on any atom is -0.326 e. The molecule has 3 heteroatoms. The van der Waals surface area contributed by atoms with Crippen LogP contribution in [0.15, 0.2) is 24.3 Å². The van der Waals surface area contributed by atoms with Gasteiger partial charge in [-0.05, 0) is 50.4 Å². The highest BCUT2D eigenvalue weighted by Crippen LogP contribution is 2.32. The average Bonchev–Trinajstić information content (AvgIpc) is 2.78. The smallest absolute Gasteiger partial charge is 0.0501 e. The van der Waals surface area contributed by atoms with E-state index in [9.17, 15) is 0 Å². The summed E-state index contributed by atoms with van der Waals surface area (Å²) in [4.78, 5) is 2.55. The second-order valence-corrected chi connectivity index (χ2v) is 5.73. The summed E-state index contributed by atoms with van der Waals surface area (Å²) >= 11 is 5.97. The van der Waals surface area contributed by atoms with E-state index >= 15 is 0 Å². The molecule has 0 bridgehead atoms. The molecule has 1 aromatic carbocycles. The van der Waals surface area contributed by atoms with Gasteiger partial charge in [-0.3, -0.25) is 4.90 Å². The Kier molecular flexibility index (Phi) is 4.66. The van der Waals surface area contributed by atoms with Crippen LogP contribution in [0.25, 0.3) is 0 Å². The van der Waals surface area contributed by atoms with Gasteiger partial charge in [0.15, 0.2) is 0 Å². The molecule has 1 saturated heterocycles. The lowest BCUT2D eigenvalue weighted by Gasteiger charge is -2.35. The molecule has 3 unspecified atom stereocenters. The number of hydrogen-bond acceptors (Lipinski definition) is 2.